The number of urea groups is 1. The van der Waals surface area contributed by atoms with Gasteiger partial charge in [-0.15, -0.1) is 0 Å². The third-order valence-corrected chi connectivity index (χ3v) is 9.62. The van der Waals surface area contributed by atoms with Gasteiger partial charge < -0.3 is 26.0 Å². The SMILES string of the molecule is Nc1ncnc2c1ncn2[C@H]1CC[C@@H](CNS(=O)(=O)/N=C(\[O-])CCCC[C@@H]2SC[C@@H]3NC(=O)N[C@@H]32)C1. The summed E-state index contributed by atoms with van der Waals surface area (Å²) in [4.78, 5) is 24.0. The number of nitrogen functional groups attached to an aromatic ring is 1. The molecule has 2 saturated heterocycles. The van der Waals surface area contributed by atoms with Gasteiger partial charge in [-0.1, -0.05) is 6.42 Å². The highest BCUT2D eigenvalue weighted by Gasteiger charge is 2.42. The lowest BCUT2D eigenvalue weighted by molar-refractivity contribution is -0.218. The first kappa shape index (κ1) is 25.0. The second-order valence-electron chi connectivity index (χ2n) is 9.59. The van der Waals surface area contributed by atoms with Crippen LogP contribution >= 0.6 is 11.8 Å². The molecule has 0 spiro atoms. The highest BCUT2D eigenvalue weighted by molar-refractivity contribution is 8.00. The number of fused-ring (bicyclic) bond motifs is 2. The average molecular weight is 537 g/mol. The Bertz CT molecular complexity index is 1250. The summed E-state index contributed by atoms with van der Waals surface area (Å²) in [5.74, 6) is 0.695. The quantitative estimate of drug-likeness (QED) is 0.141. The van der Waals surface area contributed by atoms with Crippen LogP contribution in [-0.2, 0) is 10.2 Å². The van der Waals surface area contributed by atoms with E-state index in [0.717, 1.165) is 37.9 Å². The van der Waals surface area contributed by atoms with Crippen molar-refractivity contribution in [2.45, 2.75) is 68.3 Å². The van der Waals surface area contributed by atoms with E-state index in [0.29, 0.717) is 28.7 Å². The van der Waals surface area contributed by atoms with E-state index in [4.69, 9.17) is 5.73 Å². The summed E-state index contributed by atoms with van der Waals surface area (Å²) in [7, 11) is -4.04. The number of nitrogens with one attached hydrogen (secondary N) is 3. The van der Waals surface area contributed by atoms with Gasteiger partial charge in [-0.2, -0.15) is 29.3 Å². The van der Waals surface area contributed by atoms with Crippen molar-refractivity contribution in [3.63, 3.8) is 0 Å². The second-order valence-corrected chi connectivity index (χ2v) is 12.3. The smallest absolute Gasteiger partial charge is 0.318 e. The minimum atomic E-state index is -4.04. The van der Waals surface area contributed by atoms with Crippen molar-refractivity contribution >= 4 is 50.9 Å². The molecule has 1 saturated carbocycles. The number of carbonyl (C=O) groups excluding carboxylic acids is 1. The maximum atomic E-state index is 12.3. The van der Waals surface area contributed by atoms with Crippen LogP contribution in [0.15, 0.2) is 17.1 Å². The lowest BCUT2D eigenvalue weighted by atomic mass is 10.0. The summed E-state index contributed by atoms with van der Waals surface area (Å²) in [5.41, 5.74) is 7.10. The number of carbonyl (C=O) groups is 1. The lowest BCUT2D eigenvalue weighted by Crippen LogP contribution is -2.36. The molecule has 0 radical (unpaired) electrons. The Balaban J connectivity index is 1.05. The first-order valence-corrected chi connectivity index (χ1v) is 14.6. The number of nitrogens with two attached hydrogens (primary N) is 1. The first-order chi connectivity index (χ1) is 17.3. The molecule has 0 unspecified atom stereocenters. The molecule has 2 amide bonds. The van der Waals surface area contributed by atoms with Crippen LogP contribution in [0.25, 0.3) is 11.2 Å². The third kappa shape index (κ3) is 5.52. The topological polar surface area (TPSA) is 192 Å². The molecule has 2 aromatic rings. The van der Waals surface area contributed by atoms with Gasteiger partial charge >= 0.3 is 16.2 Å². The molecule has 36 heavy (non-hydrogen) atoms. The minimum Gasteiger partial charge on any atom is -0.861 e. The number of thioether (sulfide) groups is 1. The molecule has 15 heteroatoms. The van der Waals surface area contributed by atoms with E-state index in [1.54, 1.807) is 6.33 Å². The summed E-state index contributed by atoms with van der Waals surface area (Å²) in [6.07, 6.45) is 7.83. The molecule has 1 aliphatic carbocycles. The molecule has 5 N–H and O–H groups in total. The van der Waals surface area contributed by atoms with Crippen molar-refractivity contribution in [1.82, 2.24) is 34.9 Å². The van der Waals surface area contributed by atoms with Crippen molar-refractivity contribution in [2.24, 2.45) is 10.3 Å². The molecule has 0 bridgehead atoms. The van der Waals surface area contributed by atoms with E-state index in [9.17, 15) is 18.3 Å². The number of rotatable bonds is 10. The highest BCUT2D eigenvalue weighted by atomic mass is 32.2. The largest absolute Gasteiger partial charge is 0.861 e. The maximum Gasteiger partial charge on any atom is 0.318 e. The van der Waals surface area contributed by atoms with Gasteiger partial charge in [0.05, 0.1) is 18.4 Å². The molecule has 0 aromatic carbocycles. The number of nitrogens with zero attached hydrogens (tertiary/aromatic N) is 5. The molecule has 2 aromatic heterocycles. The molecular formula is C21H30N9O4S2-. The van der Waals surface area contributed by atoms with Crippen LogP contribution in [0.5, 0.6) is 0 Å². The summed E-state index contributed by atoms with van der Waals surface area (Å²) in [6.45, 7) is 0.223. The Hall–Kier alpha value is -2.65. The number of unbranched alkanes of at least 4 members (excludes halogenated alkanes) is 1. The molecule has 196 valence electrons. The number of hydrogen-bond acceptors (Lipinski definition) is 9. The molecule has 2 aliphatic heterocycles. The van der Waals surface area contributed by atoms with Crippen LogP contribution in [0.2, 0.25) is 0 Å². The highest BCUT2D eigenvalue weighted by Crippen LogP contribution is 2.36. The fraction of sp³-hybridized carbons (Fsp3) is 0.667. The van der Waals surface area contributed by atoms with E-state index < -0.39 is 16.1 Å². The summed E-state index contributed by atoms with van der Waals surface area (Å²) < 4.78 is 32.5. The number of anilines is 1. The Kier molecular flexibility index (Phi) is 7.21. The average Bonchev–Trinajstić information content (AvgIpc) is 3.59. The van der Waals surface area contributed by atoms with Crippen LogP contribution < -0.4 is 26.2 Å². The van der Waals surface area contributed by atoms with E-state index in [1.165, 1.54) is 6.33 Å². The Morgan fingerprint density at radius 1 is 1.28 bits per heavy atom. The van der Waals surface area contributed by atoms with Crippen molar-refractivity contribution in [3.8, 4) is 0 Å². The predicted octanol–water partition coefficient (Wildman–Crippen LogP) is 0.0687. The molecule has 4 heterocycles. The van der Waals surface area contributed by atoms with Crippen molar-refractivity contribution in [2.75, 3.05) is 18.0 Å². The van der Waals surface area contributed by atoms with Crippen LogP contribution in [0.3, 0.4) is 0 Å². The number of aromatic nitrogens is 4. The van der Waals surface area contributed by atoms with Gasteiger partial charge in [-0.25, -0.2) is 19.7 Å². The number of imidazole rings is 1. The summed E-state index contributed by atoms with van der Waals surface area (Å²) >= 11 is 1.82. The van der Waals surface area contributed by atoms with E-state index in [-0.39, 0.29) is 43.0 Å². The van der Waals surface area contributed by atoms with Crippen LogP contribution in [0, 0.1) is 5.92 Å². The number of hydrogen-bond donors (Lipinski definition) is 4. The van der Waals surface area contributed by atoms with Gasteiger partial charge in [-0.3, -0.25) is 0 Å². The molecule has 5 atom stereocenters. The second kappa shape index (κ2) is 10.4. The molecule has 3 aliphatic rings. The predicted molar refractivity (Wildman–Crippen MR) is 134 cm³/mol. The Morgan fingerprint density at radius 3 is 3.00 bits per heavy atom. The molecule has 5 rings (SSSR count). The van der Waals surface area contributed by atoms with Gasteiger partial charge in [0.15, 0.2) is 11.5 Å². The van der Waals surface area contributed by atoms with Gasteiger partial charge in [-0.05, 0) is 50.3 Å². The maximum absolute atomic E-state index is 12.3. The fourth-order valence-corrected chi connectivity index (χ4v) is 7.74. The Morgan fingerprint density at radius 2 is 2.14 bits per heavy atom. The van der Waals surface area contributed by atoms with Crippen molar-refractivity contribution < 1.29 is 18.3 Å². The zero-order chi connectivity index (χ0) is 25.3. The van der Waals surface area contributed by atoms with E-state index >= 15 is 0 Å². The van der Waals surface area contributed by atoms with Crippen LogP contribution in [0.4, 0.5) is 10.6 Å². The van der Waals surface area contributed by atoms with Crippen molar-refractivity contribution in [1.29, 1.82) is 0 Å². The van der Waals surface area contributed by atoms with E-state index in [2.05, 4.69) is 34.7 Å². The summed E-state index contributed by atoms with van der Waals surface area (Å²) in [6, 6.07) is 0.313. The third-order valence-electron chi connectivity index (χ3n) is 7.14. The number of amides is 2. The minimum absolute atomic E-state index is 0.0845. The standard InChI is InChI=1S/C21H31N9O4S2/c22-19-18-20(24-10-23-19)30(11-25-18)13-6-5-12(7-13)8-26-36(33,34)29-16(31)4-2-1-3-15-17-14(9-35-15)27-21(32)28-17/h10-15,17,26H,1-9H2,(H,29,31)(H2,22,23,24)(H2,27,28,32)/p-1/t12-,13+,14+,15+,17+/m1/s1. The Labute approximate surface area is 213 Å². The van der Waals surface area contributed by atoms with Gasteiger partial charge in [0.25, 0.3) is 0 Å². The van der Waals surface area contributed by atoms with Gasteiger partial charge in [0, 0.05) is 23.6 Å². The fourth-order valence-electron chi connectivity index (χ4n) is 5.32. The molecule has 3 fully saturated rings. The monoisotopic (exact) mass is 536 g/mol. The molecule has 13 nitrogen and oxygen atoms in total. The molecular weight excluding hydrogens is 506 g/mol. The zero-order valence-electron chi connectivity index (χ0n) is 19.7. The first-order valence-electron chi connectivity index (χ1n) is 12.2. The van der Waals surface area contributed by atoms with Crippen molar-refractivity contribution in [3.05, 3.63) is 12.7 Å². The van der Waals surface area contributed by atoms with Crippen LogP contribution in [0.1, 0.15) is 51.0 Å². The zero-order valence-corrected chi connectivity index (χ0v) is 21.3. The van der Waals surface area contributed by atoms with Gasteiger partial charge in [0.1, 0.15) is 11.8 Å². The van der Waals surface area contributed by atoms with E-state index in [1.807, 2.05) is 16.3 Å². The van der Waals surface area contributed by atoms with Gasteiger partial charge in [0.2, 0.25) is 0 Å². The van der Waals surface area contributed by atoms with Crippen LogP contribution in [-0.4, -0.2) is 69.5 Å². The normalized spacial score (nSPS) is 28.4. The lowest BCUT2D eigenvalue weighted by Gasteiger charge is -2.17. The summed E-state index contributed by atoms with van der Waals surface area (Å²) in [5, 5.41) is 18.3.